The number of benzene rings is 2. The topological polar surface area (TPSA) is 52.3 Å². The highest BCUT2D eigenvalue weighted by atomic mass is 32.2. The van der Waals surface area contributed by atoms with Gasteiger partial charge >= 0.3 is 0 Å². The second-order valence-corrected chi connectivity index (χ2v) is 6.61. The normalized spacial score (nSPS) is 18.4. The Morgan fingerprint density at radius 2 is 1.95 bits per heavy atom. The van der Waals surface area contributed by atoms with Gasteiger partial charge in [0.2, 0.25) is 0 Å². The largest absolute Gasteiger partial charge is 0.372 e. The first-order valence-electron chi connectivity index (χ1n) is 7.21. The average Bonchev–Trinajstić information content (AvgIpc) is 2.95. The molecule has 0 fully saturated rings. The van der Waals surface area contributed by atoms with Gasteiger partial charge in [0.05, 0.1) is 23.5 Å². The van der Waals surface area contributed by atoms with E-state index in [1.165, 1.54) is 11.1 Å². The summed E-state index contributed by atoms with van der Waals surface area (Å²) in [6.07, 6.45) is 2.10. The van der Waals surface area contributed by atoms with E-state index in [1.807, 2.05) is 36.4 Å². The van der Waals surface area contributed by atoms with Crippen LogP contribution in [-0.4, -0.2) is 17.4 Å². The number of rotatable bonds is 5. The molecule has 0 amide bonds. The summed E-state index contributed by atoms with van der Waals surface area (Å²) < 4.78 is 18.3. The number of hydrogen-bond donors (Lipinski definition) is 1. The van der Waals surface area contributed by atoms with E-state index < -0.39 is 10.8 Å². The number of fused-ring (bicyclic) bond motifs is 1. The molecule has 1 aliphatic carbocycles. The van der Waals surface area contributed by atoms with E-state index in [2.05, 4.69) is 12.1 Å². The van der Waals surface area contributed by atoms with Gasteiger partial charge in [0, 0.05) is 16.3 Å². The molecule has 3 nitrogen and oxygen atoms in total. The van der Waals surface area contributed by atoms with Gasteiger partial charge in [-0.1, -0.05) is 24.3 Å². The highest BCUT2D eigenvalue weighted by molar-refractivity contribution is 7.85. The van der Waals surface area contributed by atoms with Gasteiger partial charge < -0.3 is 10.5 Å². The van der Waals surface area contributed by atoms with Crippen LogP contribution in [0.3, 0.4) is 0 Å². The van der Waals surface area contributed by atoms with Crippen LogP contribution in [0.25, 0.3) is 0 Å². The lowest BCUT2D eigenvalue weighted by Gasteiger charge is -2.12. The Morgan fingerprint density at radius 3 is 2.71 bits per heavy atom. The third-order valence-electron chi connectivity index (χ3n) is 3.75. The van der Waals surface area contributed by atoms with E-state index in [9.17, 15) is 4.21 Å². The molecule has 0 aromatic heterocycles. The van der Waals surface area contributed by atoms with Gasteiger partial charge in [0.25, 0.3) is 0 Å². The summed E-state index contributed by atoms with van der Waals surface area (Å²) in [4.78, 5) is 1.70. The predicted octanol–water partition coefficient (Wildman–Crippen LogP) is 2.82. The standard InChI is InChI=1S/C17H19NO2S/c18-10-11-20-17-9-6-13-12-15(7-8-16(13)17)21(19)14-4-2-1-3-5-14/h1-5,7-8,12,17H,6,9-11,18H2. The summed E-state index contributed by atoms with van der Waals surface area (Å²) in [6, 6.07) is 15.6. The Balaban J connectivity index is 1.83. The van der Waals surface area contributed by atoms with Crippen molar-refractivity contribution < 1.29 is 8.95 Å². The Bertz CT molecular complexity index is 642. The van der Waals surface area contributed by atoms with E-state index in [0.717, 1.165) is 22.6 Å². The molecule has 2 aromatic carbocycles. The van der Waals surface area contributed by atoms with Crippen LogP contribution in [0.5, 0.6) is 0 Å². The highest BCUT2D eigenvalue weighted by Gasteiger charge is 2.23. The smallest absolute Gasteiger partial charge is 0.0849 e. The summed E-state index contributed by atoms with van der Waals surface area (Å²) in [7, 11) is -1.12. The summed E-state index contributed by atoms with van der Waals surface area (Å²) >= 11 is 0. The molecular formula is C17H19NO2S. The van der Waals surface area contributed by atoms with Gasteiger partial charge in [0.15, 0.2) is 0 Å². The Morgan fingerprint density at radius 1 is 1.14 bits per heavy atom. The average molecular weight is 301 g/mol. The fourth-order valence-corrected chi connectivity index (χ4v) is 3.85. The number of hydrogen-bond acceptors (Lipinski definition) is 3. The summed E-state index contributed by atoms with van der Waals surface area (Å²) in [5.41, 5.74) is 7.96. The van der Waals surface area contributed by atoms with E-state index in [-0.39, 0.29) is 6.10 Å². The molecule has 0 spiro atoms. The third kappa shape index (κ3) is 3.07. The molecule has 2 aromatic rings. The molecule has 3 rings (SSSR count). The lowest BCUT2D eigenvalue weighted by molar-refractivity contribution is 0.0597. The van der Waals surface area contributed by atoms with Crippen molar-refractivity contribution in [3.63, 3.8) is 0 Å². The molecule has 110 valence electrons. The van der Waals surface area contributed by atoms with Crippen LogP contribution >= 0.6 is 0 Å². The fraction of sp³-hybridized carbons (Fsp3) is 0.294. The molecule has 0 bridgehead atoms. The van der Waals surface area contributed by atoms with Crippen LogP contribution in [0.1, 0.15) is 23.7 Å². The minimum atomic E-state index is -1.12. The van der Waals surface area contributed by atoms with Crippen molar-refractivity contribution in [3.8, 4) is 0 Å². The summed E-state index contributed by atoms with van der Waals surface area (Å²) in [5.74, 6) is 0. The van der Waals surface area contributed by atoms with Crippen molar-refractivity contribution in [2.24, 2.45) is 5.73 Å². The van der Waals surface area contributed by atoms with Gasteiger partial charge in [0.1, 0.15) is 0 Å². The maximum atomic E-state index is 12.6. The van der Waals surface area contributed by atoms with Crippen LogP contribution in [0.15, 0.2) is 58.3 Å². The first-order valence-corrected chi connectivity index (χ1v) is 8.36. The SMILES string of the molecule is NCCOC1CCc2cc(S(=O)c3ccccc3)ccc21. The van der Waals surface area contributed by atoms with Gasteiger partial charge in [-0.15, -0.1) is 0 Å². The Kier molecular flexibility index (Phi) is 4.48. The highest BCUT2D eigenvalue weighted by Crippen LogP contribution is 2.35. The zero-order valence-electron chi connectivity index (χ0n) is 11.8. The number of aryl methyl sites for hydroxylation is 1. The fourth-order valence-electron chi connectivity index (χ4n) is 2.73. The molecule has 2 unspecified atom stereocenters. The van der Waals surface area contributed by atoms with E-state index >= 15 is 0 Å². The van der Waals surface area contributed by atoms with Crippen LogP contribution in [0, 0.1) is 0 Å². The van der Waals surface area contributed by atoms with Crippen molar-refractivity contribution in [2.75, 3.05) is 13.2 Å². The maximum Gasteiger partial charge on any atom is 0.0849 e. The van der Waals surface area contributed by atoms with Gasteiger partial charge in [-0.3, -0.25) is 0 Å². The molecule has 2 atom stereocenters. The van der Waals surface area contributed by atoms with Crippen LogP contribution < -0.4 is 5.73 Å². The van der Waals surface area contributed by atoms with Gasteiger partial charge in [-0.2, -0.15) is 0 Å². The van der Waals surface area contributed by atoms with Crippen molar-refractivity contribution in [2.45, 2.75) is 28.7 Å². The Hall–Kier alpha value is -1.49. The molecule has 0 heterocycles. The number of ether oxygens (including phenoxy) is 1. The Labute approximate surface area is 127 Å². The van der Waals surface area contributed by atoms with E-state index in [1.54, 1.807) is 0 Å². The molecule has 0 saturated carbocycles. The molecule has 1 aliphatic rings. The molecule has 2 N–H and O–H groups in total. The third-order valence-corrected chi connectivity index (χ3v) is 5.13. The van der Waals surface area contributed by atoms with Crippen LogP contribution in [0.2, 0.25) is 0 Å². The second kappa shape index (κ2) is 6.52. The van der Waals surface area contributed by atoms with Crippen LogP contribution in [-0.2, 0) is 22.0 Å². The maximum absolute atomic E-state index is 12.6. The summed E-state index contributed by atoms with van der Waals surface area (Å²) in [6.45, 7) is 1.13. The minimum Gasteiger partial charge on any atom is -0.372 e. The molecule has 0 saturated heterocycles. The van der Waals surface area contributed by atoms with Crippen molar-refractivity contribution in [1.82, 2.24) is 0 Å². The van der Waals surface area contributed by atoms with Crippen molar-refractivity contribution >= 4 is 10.8 Å². The molecule has 0 aliphatic heterocycles. The first-order chi connectivity index (χ1) is 10.3. The van der Waals surface area contributed by atoms with Gasteiger partial charge in [-0.25, -0.2) is 4.21 Å². The second-order valence-electron chi connectivity index (χ2n) is 5.13. The lowest BCUT2D eigenvalue weighted by Crippen LogP contribution is -2.11. The van der Waals surface area contributed by atoms with Crippen LogP contribution in [0.4, 0.5) is 0 Å². The molecule has 4 heteroatoms. The number of nitrogens with two attached hydrogens (primary N) is 1. The zero-order valence-corrected chi connectivity index (χ0v) is 12.6. The quantitative estimate of drug-likeness (QED) is 0.924. The lowest BCUT2D eigenvalue weighted by atomic mass is 10.1. The first kappa shape index (κ1) is 14.4. The molecular weight excluding hydrogens is 282 g/mol. The zero-order chi connectivity index (χ0) is 14.7. The minimum absolute atomic E-state index is 0.141. The molecule has 21 heavy (non-hydrogen) atoms. The monoisotopic (exact) mass is 301 g/mol. The van der Waals surface area contributed by atoms with E-state index in [4.69, 9.17) is 10.5 Å². The summed E-state index contributed by atoms with van der Waals surface area (Å²) in [5, 5.41) is 0. The predicted molar refractivity (Wildman–Crippen MR) is 83.6 cm³/mol. The van der Waals surface area contributed by atoms with Crippen molar-refractivity contribution in [3.05, 3.63) is 59.7 Å². The van der Waals surface area contributed by atoms with Gasteiger partial charge in [-0.05, 0) is 48.2 Å². The molecule has 0 radical (unpaired) electrons. The van der Waals surface area contributed by atoms with E-state index in [0.29, 0.717) is 13.2 Å². The van der Waals surface area contributed by atoms with Crippen molar-refractivity contribution in [1.29, 1.82) is 0 Å².